The molecule has 1 fully saturated rings. The second kappa shape index (κ2) is 8.47. The number of carbonyl (C=O) groups excluding carboxylic acids is 1. The van der Waals surface area contributed by atoms with Crippen LogP contribution in [-0.2, 0) is 11.3 Å². The zero-order chi connectivity index (χ0) is 16.3. The molecule has 0 amide bonds. The number of hydrogen-bond donors (Lipinski definition) is 0. The number of carbonyl (C=O) groups is 1. The van der Waals surface area contributed by atoms with Crippen molar-refractivity contribution >= 4 is 35.9 Å². The van der Waals surface area contributed by atoms with Crippen LogP contribution in [0.4, 0.5) is 0 Å². The summed E-state index contributed by atoms with van der Waals surface area (Å²) in [6, 6.07) is 3.66. The highest BCUT2D eigenvalue weighted by Gasteiger charge is 2.30. The Morgan fingerprint density at radius 3 is 2.35 bits per heavy atom. The molecular weight excluding hydrogens is 407 g/mol. The molecule has 1 saturated carbocycles. The van der Waals surface area contributed by atoms with Crippen LogP contribution in [0.3, 0.4) is 0 Å². The molecule has 0 saturated heterocycles. The van der Waals surface area contributed by atoms with Crippen LogP contribution in [0.1, 0.15) is 40.5 Å². The molecule has 0 N–H and O–H groups in total. The lowest BCUT2D eigenvalue weighted by Crippen LogP contribution is -2.35. The van der Waals surface area contributed by atoms with E-state index in [1.807, 2.05) is 50.1 Å². The lowest BCUT2D eigenvalue weighted by molar-refractivity contribution is 0.0598. The molecular formula is C16H25IN4O2. The first-order valence-electron chi connectivity index (χ1n) is 7.41. The molecule has 0 atom stereocenters. The molecule has 0 aromatic carbocycles. The average Bonchev–Trinajstić information content (AvgIpc) is 3.30. The van der Waals surface area contributed by atoms with E-state index in [9.17, 15) is 4.79 Å². The fourth-order valence-corrected chi connectivity index (χ4v) is 2.39. The Balaban J connectivity index is 0.00000264. The third kappa shape index (κ3) is 5.05. The number of aromatic nitrogens is 1. The van der Waals surface area contributed by atoms with E-state index in [1.54, 1.807) is 0 Å². The van der Waals surface area contributed by atoms with Gasteiger partial charge in [-0.2, -0.15) is 0 Å². The number of esters is 1. The predicted molar refractivity (Wildman–Crippen MR) is 101 cm³/mol. The molecule has 0 unspecified atom stereocenters. The van der Waals surface area contributed by atoms with Crippen molar-refractivity contribution in [2.75, 3.05) is 35.3 Å². The van der Waals surface area contributed by atoms with Gasteiger partial charge in [-0.3, -0.25) is 4.98 Å². The molecule has 0 radical (unpaired) electrons. The van der Waals surface area contributed by atoms with Crippen LogP contribution >= 0.6 is 24.0 Å². The van der Waals surface area contributed by atoms with Crippen molar-refractivity contribution in [3.05, 3.63) is 29.1 Å². The first-order valence-corrected chi connectivity index (χ1v) is 7.41. The Hall–Kier alpha value is -1.38. The highest BCUT2D eigenvalue weighted by Crippen LogP contribution is 2.40. The fraction of sp³-hybridized carbons (Fsp3) is 0.562. The Kier molecular flexibility index (Phi) is 7.24. The van der Waals surface area contributed by atoms with Gasteiger partial charge in [0.05, 0.1) is 30.6 Å². The lowest BCUT2D eigenvalue weighted by Gasteiger charge is -2.22. The van der Waals surface area contributed by atoms with E-state index < -0.39 is 0 Å². The number of nitrogens with zero attached hydrogens (tertiary/aromatic N) is 4. The number of guanidine groups is 1. The molecule has 0 spiro atoms. The van der Waals surface area contributed by atoms with E-state index in [0.29, 0.717) is 18.0 Å². The summed E-state index contributed by atoms with van der Waals surface area (Å²) in [5.41, 5.74) is 2.31. The van der Waals surface area contributed by atoms with Gasteiger partial charge < -0.3 is 14.5 Å². The minimum Gasteiger partial charge on any atom is -0.465 e. The molecule has 1 heterocycles. The molecule has 1 aromatic heterocycles. The van der Waals surface area contributed by atoms with E-state index >= 15 is 0 Å². The molecule has 2 rings (SSSR count). The standard InChI is InChI=1S/C16H24N4O2.HI/c1-19(2)16(20(3)4)17-10-12-8-9-13(15(21)22-5)14(18-12)11-6-7-11;/h8-9,11H,6-7,10H2,1-5H3;1H. The summed E-state index contributed by atoms with van der Waals surface area (Å²) in [5, 5.41) is 0. The van der Waals surface area contributed by atoms with Crippen molar-refractivity contribution in [2.24, 2.45) is 4.99 Å². The normalized spacial score (nSPS) is 12.9. The van der Waals surface area contributed by atoms with Crippen LogP contribution in [0.15, 0.2) is 17.1 Å². The number of methoxy groups -OCH3 is 1. The Labute approximate surface area is 154 Å². The minimum atomic E-state index is -0.313. The van der Waals surface area contributed by atoms with Gasteiger partial charge in [-0.1, -0.05) is 0 Å². The SMILES string of the molecule is COC(=O)c1ccc(CN=C(N(C)C)N(C)C)nc1C1CC1.I. The smallest absolute Gasteiger partial charge is 0.339 e. The highest BCUT2D eigenvalue weighted by molar-refractivity contribution is 14.0. The van der Waals surface area contributed by atoms with Crippen molar-refractivity contribution in [1.29, 1.82) is 0 Å². The second-order valence-electron chi connectivity index (χ2n) is 5.91. The number of hydrogen-bond acceptors (Lipinski definition) is 4. The summed E-state index contributed by atoms with van der Waals surface area (Å²) in [7, 11) is 9.24. The summed E-state index contributed by atoms with van der Waals surface area (Å²) >= 11 is 0. The van der Waals surface area contributed by atoms with Crippen molar-refractivity contribution in [2.45, 2.75) is 25.3 Å². The summed E-state index contributed by atoms with van der Waals surface area (Å²) in [4.78, 5) is 25.0. The molecule has 23 heavy (non-hydrogen) atoms. The van der Waals surface area contributed by atoms with Crippen LogP contribution in [0.25, 0.3) is 0 Å². The Morgan fingerprint density at radius 2 is 1.87 bits per heavy atom. The Morgan fingerprint density at radius 1 is 1.26 bits per heavy atom. The number of ether oxygens (including phenoxy) is 1. The maximum atomic E-state index is 11.8. The van der Waals surface area contributed by atoms with Gasteiger partial charge >= 0.3 is 5.97 Å². The van der Waals surface area contributed by atoms with Gasteiger partial charge in [-0.25, -0.2) is 9.79 Å². The Bertz CT molecular complexity index is 573. The molecule has 128 valence electrons. The van der Waals surface area contributed by atoms with E-state index in [0.717, 1.165) is 30.2 Å². The van der Waals surface area contributed by atoms with E-state index in [1.165, 1.54) is 7.11 Å². The molecule has 1 aliphatic rings. The molecule has 0 aliphatic heterocycles. The quantitative estimate of drug-likeness (QED) is 0.317. The first-order chi connectivity index (χ1) is 10.4. The third-order valence-electron chi connectivity index (χ3n) is 3.53. The molecule has 0 bridgehead atoms. The number of pyridine rings is 1. The zero-order valence-corrected chi connectivity index (χ0v) is 16.7. The van der Waals surface area contributed by atoms with Crippen LogP contribution in [0, 0.1) is 0 Å². The molecule has 1 aromatic rings. The summed E-state index contributed by atoms with van der Waals surface area (Å²) in [6.45, 7) is 0.493. The maximum absolute atomic E-state index is 11.8. The van der Waals surface area contributed by atoms with Crippen molar-refractivity contribution in [1.82, 2.24) is 14.8 Å². The predicted octanol–water partition coefficient (Wildman–Crippen LogP) is 2.34. The second-order valence-corrected chi connectivity index (χ2v) is 5.91. The largest absolute Gasteiger partial charge is 0.465 e. The maximum Gasteiger partial charge on any atom is 0.339 e. The van der Waals surface area contributed by atoms with Gasteiger partial charge in [0.25, 0.3) is 0 Å². The fourth-order valence-electron chi connectivity index (χ4n) is 2.39. The van der Waals surface area contributed by atoms with E-state index in [2.05, 4.69) is 9.98 Å². The summed E-state index contributed by atoms with van der Waals surface area (Å²) in [6.07, 6.45) is 2.18. The van der Waals surface area contributed by atoms with Crippen molar-refractivity contribution in [3.8, 4) is 0 Å². The van der Waals surface area contributed by atoms with Crippen LogP contribution in [0.2, 0.25) is 0 Å². The number of rotatable bonds is 4. The average molecular weight is 432 g/mol. The lowest BCUT2D eigenvalue weighted by atomic mass is 10.1. The van der Waals surface area contributed by atoms with Gasteiger partial charge in [0.15, 0.2) is 5.96 Å². The summed E-state index contributed by atoms with van der Waals surface area (Å²) < 4.78 is 4.84. The van der Waals surface area contributed by atoms with Crippen molar-refractivity contribution in [3.63, 3.8) is 0 Å². The van der Waals surface area contributed by atoms with Gasteiger partial charge in [0.2, 0.25) is 0 Å². The van der Waals surface area contributed by atoms with Gasteiger partial charge in [0, 0.05) is 34.1 Å². The monoisotopic (exact) mass is 432 g/mol. The van der Waals surface area contributed by atoms with E-state index in [-0.39, 0.29) is 29.9 Å². The minimum absolute atomic E-state index is 0. The highest BCUT2D eigenvalue weighted by atomic mass is 127. The molecule has 1 aliphatic carbocycles. The van der Waals surface area contributed by atoms with Crippen LogP contribution in [-0.4, -0.2) is 62.0 Å². The third-order valence-corrected chi connectivity index (χ3v) is 3.53. The topological polar surface area (TPSA) is 58.0 Å². The first kappa shape index (κ1) is 19.7. The zero-order valence-electron chi connectivity index (χ0n) is 14.4. The number of halogens is 1. The van der Waals surface area contributed by atoms with Crippen LogP contribution in [0.5, 0.6) is 0 Å². The van der Waals surface area contributed by atoms with Gasteiger partial charge in [-0.05, 0) is 25.0 Å². The van der Waals surface area contributed by atoms with Gasteiger partial charge in [-0.15, -0.1) is 24.0 Å². The van der Waals surface area contributed by atoms with Crippen molar-refractivity contribution < 1.29 is 9.53 Å². The van der Waals surface area contributed by atoms with E-state index in [4.69, 9.17) is 4.74 Å². The van der Waals surface area contributed by atoms with Crippen LogP contribution < -0.4 is 0 Å². The van der Waals surface area contributed by atoms with Gasteiger partial charge in [0.1, 0.15) is 0 Å². The molecule has 6 nitrogen and oxygen atoms in total. The summed E-state index contributed by atoms with van der Waals surface area (Å²) in [5.74, 6) is 0.957. The molecule has 7 heteroatoms. The number of aliphatic imine (C=N–C) groups is 1.